The molecular formula is C18H19N5O3S. The van der Waals surface area contributed by atoms with Crippen LogP contribution in [0.2, 0.25) is 0 Å². The quantitative estimate of drug-likeness (QED) is 0.700. The van der Waals surface area contributed by atoms with Gasteiger partial charge in [0, 0.05) is 11.6 Å². The lowest BCUT2D eigenvalue weighted by atomic mass is 10.1. The minimum absolute atomic E-state index is 0.360. The summed E-state index contributed by atoms with van der Waals surface area (Å²) in [5.74, 6) is 0.374. The van der Waals surface area contributed by atoms with E-state index in [4.69, 9.17) is 4.74 Å². The Hall–Kier alpha value is -3.07. The number of hydrogen-bond acceptors (Lipinski definition) is 7. The molecule has 0 radical (unpaired) electrons. The van der Waals surface area contributed by atoms with Crippen molar-refractivity contribution < 1.29 is 9.53 Å². The average Bonchev–Trinajstić information content (AvgIpc) is 3.07. The molecule has 1 amide bonds. The Morgan fingerprint density at radius 2 is 1.96 bits per heavy atom. The van der Waals surface area contributed by atoms with Crippen LogP contribution in [0.5, 0.6) is 5.75 Å². The number of nitrogens with one attached hydrogen (secondary N) is 1. The minimum Gasteiger partial charge on any atom is -0.494 e. The highest BCUT2D eigenvalue weighted by atomic mass is 32.1. The molecule has 1 unspecified atom stereocenters. The van der Waals surface area contributed by atoms with E-state index in [-0.39, 0.29) is 11.5 Å². The van der Waals surface area contributed by atoms with E-state index in [1.165, 1.54) is 17.4 Å². The number of ether oxygens (including phenoxy) is 1. The molecule has 8 nitrogen and oxygen atoms in total. The third-order valence-corrected chi connectivity index (χ3v) is 4.54. The van der Waals surface area contributed by atoms with E-state index in [9.17, 15) is 9.59 Å². The highest BCUT2D eigenvalue weighted by Gasteiger charge is 2.19. The Morgan fingerprint density at radius 3 is 2.59 bits per heavy atom. The largest absolute Gasteiger partial charge is 0.494 e. The normalized spacial score (nSPS) is 11.8. The molecule has 0 fully saturated rings. The Bertz CT molecular complexity index is 997. The zero-order chi connectivity index (χ0) is 19.4. The van der Waals surface area contributed by atoms with Gasteiger partial charge in [-0.25, -0.2) is 4.68 Å². The minimum atomic E-state index is -0.802. The van der Waals surface area contributed by atoms with Crippen LogP contribution in [-0.2, 0) is 4.79 Å². The SMILES string of the molecule is CCOc1ccc(-c2ccc(=O)n(C(C)C(=O)Nc3nnc(C)s3)n2)cc1. The predicted octanol–water partition coefficient (Wildman–Crippen LogP) is 2.67. The molecule has 0 aliphatic carbocycles. The second-order valence-corrected chi connectivity index (χ2v) is 6.93. The highest BCUT2D eigenvalue weighted by Crippen LogP contribution is 2.21. The van der Waals surface area contributed by atoms with Crippen molar-refractivity contribution in [3.05, 3.63) is 51.8 Å². The van der Waals surface area contributed by atoms with Crippen LogP contribution in [0.1, 0.15) is 24.9 Å². The van der Waals surface area contributed by atoms with Gasteiger partial charge in [-0.05, 0) is 51.1 Å². The van der Waals surface area contributed by atoms with Gasteiger partial charge in [0.2, 0.25) is 5.13 Å². The molecule has 0 spiro atoms. The number of carbonyl (C=O) groups is 1. The van der Waals surface area contributed by atoms with Crippen LogP contribution in [0.15, 0.2) is 41.2 Å². The first-order valence-corrected chi connectivity index (χ1v) is 9.23. The molecule has 1 atom stereocenters. The van der Waals surface area contributed by atoms with E-state index >= 15 is 0 Å². The Morgan fingerprint density at radius 1 is 1.22 bits per heavy atom. The maximum atomic E-state index is 12.5. The van der Waals surface area contributed by atoms with E-state index in [0.29, 0.717) is 17.4 Å². The summed E-state index contributed by atoms with van der Waals surface area (Å²) in [5.41, 5.74) is 1.05. The van der Waals surface area contributed by atoms with Crippen LogP contribution >= 0.6 is 11.3 Å². The average molecular weight is 385 g/mol. The first kappa shape index (κ1) is 18.7. The van der Waals surface area contributed by atoms with Gasteiger partial charge in [-0.1, -0.05) is 11.3 Å². The molecule has 0 saturated carbocycles. The van der Waals surface area contributed by atoms with Gasteiger partial charge in [-0.2, -0.15) is 5.10 Å². The number of amides is 1. The van der Waals surface area contributed by atoms with Crippen LogP contribution in [0.4, 0.5) is 5.13 Å². The second-order valence-electron chi connectivity index (χ2n) is 5.75. The van der Waals surface area contributed by atoms with Crippen molar-refractivity contribution in [3.63, 3.8) is 0 Å². The monoisotopic (exact) mass is 385 g/mol. The lowest BCUT2D eigenvalue weighted by Crippen LogP contribution is -2.33. The molecule has 27 heavy (non-hydrogen) atoms. The molecule has 3 rings (SSSR count). The molecular weight excluding hydrogens is 366 g/mol. The molecule has 0 aliphatic rings. The fraction of sp³-hybridized carbons (Fsp3) is 0.278. The van der Waals surface area contributed by atoms with Crippen molar-refractivity contribution in [1.82, 2.24) is 20.0 Å². The van der Waals surface area contributed by atoms with Crippen LogP contribution in [-0.4, -0.2) is 32.5 Å². The molecule has 140 valence electrons. The topological polar surface area (TPSA) is 99.0 Å². The number of benzene rings is 1. The fourth-order valence-electron chi connectivity index (χ4n) is 2.41. The third kappa shape index (κ3) is 4.37. The van der Waals surface area contributed by atoms with Gasteiger partial charge in [0.1, 0.15) is 16.8 Å². The Kier molecular flexibility index (Phi) is 5.60. The summed E-state index contributed by atoms with van der Waals surface area (Å²) in [6.07, 6.45) is 0. The highest BCUT2D eigenvalue weighted by molar-refractivity contribution is 7.15. The van der Waals surface area contributed by atoms with Crippen molar-refractivity contribution in [3.8, 4) is 17.0 Å². The van der Waals surface area contributed by atoms with Crippen molar-refractivity contribution >= 4 is 22.4 Å². The Balaban J connectivity index is 1.83. The van der Waals surface area contributed by atoms with Gasteiger partial charge in [-0.15, -0.1) is 10.2 Å². The molecule has 0 bridgehead atoms. The lowest BCUT2D eigenvalue weighted by Gasteiger charge is -2.14. The van der Waals surface area contributed by atoms with Gasteiger partial charge < -0.3 is 4.74 Å². The maximum absolute atomic E-state index is 12.5. The first-order valence-electron chi connectivity index (χ1n) is 8.42. The molecule has 0 saturated heterocycles. The summed E-state index contributed by atoms with van der Waals surface area (Å²) >= 11 is 1.26. The van der Waals surface area contributed by atoms with Gasteiger partial charge in [-0.3, -0.25) is 14.9 Å². The number of nitrogens with zero attached hydrogens (tertiary/aromatic N) is 4. The second kappa shape index (κ2) is 8.09. The standard InChI is InChI=1S/C18H19N5O3S/c1-4-26-14-7-5-13(6-8-14)15-9-10-16(24)23(22-15)11(2)17(25)19-18-21-20-12(3)27-18/h5-11H,4H2,1-3H3,(H,19,21,25). The van der Waals surface area contributed by atoms with E-state index < -0.39 is 6.04 Å². The van der Waals surface area contributed by atoms with Crippen molar-refractivity contribution in [1.29, 1.82) is 0 Å². The summed E-state index contributed by atoms with van der Waals surface area (Å²) in [6.45, 7) is 5.91. The molecule has 3 aromatic rings. The van der Waals surface area contributed by atoms with Crippen LogP contribution < -0.4 is 15.6 Å². The molecule has 0 aliphatic heterocycles. The molecule has 1 aromatic carbocycles. The van der Waals surface area contributed by atoms with Crippen molar-refractivity contribution in [2.75, 3.05) is 11.9 Å². The van der Waals surface area contributed by atoms with Crippen molar-refractivity contribution in [2.24, 2.45) is 0 Å². The van der Waals surface area contributed by atoms with Gasteiger partial charge in [0.25, 0.3) is 11.5 Å². The van der Waals surface area contributed by atoms with Crippen LogP contribution in [0.25, 0.3) is 11.3 Å². The number of carbonyl (C=O) groups excluding carboxylic acids is 1. The maximum Gasteiger partial charge on any atom is 0.267 e. The van der Waals surface area contributed by atoms with Gasteiger partial charge >= 0.3 is 0 Å². The summed E-state index contributed by atoms with van der Waals surface area (Å²) in [4.78, 5) is 24.7. The zero-order valence-corrected chi connectivity index (χ0v) is 16.0. The van der Waals surface area contributed by atoms with Crippen LogP contribution in [0.3, 0.4) is 0 Å². The number of anilines is 1. The summed E-state index contributed by atoms with van der Waals surface area (Å²) in [7, 11) is 0. The molecule has 1 N–H and O–H groups in total. The smallest absolute Gasteiger partial charge is 0.267 e. The summed E-state index contributed by atoms with van der Waals surface area (Å²) in [6, 6.07) is 9.62. The van der Waals surface area contributed by atoms with E-state index in [1.54, 1.807) is 19.9 Å². The predicted molar refractivity (Wildman–Crippen MR) is 103 cm³/mol. The number of aryl methyl sites for hydroxylation is 1. The number of aromatic nitrogens is 4. The lowest BCUT2D eigenvalue weighted by molar-refractivity contribution is -0.119. The molecule has 9 heteroatoms. The van der Waals surface area contributed by atoms with Crippen molar-refractivity contribution in [2.45, 2.75) is 26.8 Å². The van der Waals surface area contributed by atoms with Gasteiger partial charge in [0.05, 0.1) is 12.3 Å². The molecule has 2 aromatic heterocycles. The van der Waals surface area contributed by atoms with Gasteiger partial charge in [0.15, 0.2) is 0 Å². The van der Waals surface area contributed by atoms with Crippen LogP contribution in [0, 0.1) is 6.92 Å². The van der Waals surface area contributed by atoms with E-state index in [0.717, 1.165) is 21.0 Å². The Labute approximate surface area is 159 Å². The molecule has 2 heterocycles. The fourth-order valence-corrected chi connectivity index (χ4v) is 3.01. The first-order chi connectivity index (χ1) is 13.0. The number of rotatable bonds is 6. The zero-order valence-electron chi connectivity index (χ0n) is 15.2. The summed E-state index contributed by atoms with van der Waals surface area (Å²) < 4.78 is 6.59. The van der Waals surface area contributed by atoms with E-state index in [2.05, 4.69) is 20.6 Å². The third-order valence-electron chi connectivity index (χ3n) is 3.79. The van der Waals surface area contributed by atoms with E-state index in [1.807, 2.05) is 31.2 Å². The summed E-state index contributed by atoms with van der Waals surface area (Å²) in [5, 5.41) is 15.9. The number of hydrogen-bond donors (Lipinski definition) is 1.